The smallest absolute Gasteiger partial charge is 0.119 e. The van der Waals surface area contributed by atoms with Gasteiger partial charge >= 0.3 is 0 Å². The van der Waals surface area contributed by atoms with Crippen molar-refractivity contribution in [1.29, 1.82) is 0 Å². The molecular formula is C15H25NO2. The normalized spacial score (nSPS) is 12.4. The molecule has 0 aliphatic carbocycles. The van der Waals surface area contributed by atoms with E-state index in [0.717, 1.165) is 38.0 Å². The highest BCUT2D eigenvalue weighted by Crippen LogP contribution is 2.19. The number of nitrogens with one attached hydrogen (secondary N) is 1. The van der Waals surface area contributed by atoms with Gasteiger partial charge in [-0.2, -0.15) is 0 Å². The summed E-state index contributed by atoms with van der Waals surface area (Å²) in [5.74, 6) is 0.941. The second-order valence-corrected chi connectivity index (χ2v) is 4.57. The van der Waals surface area contributed by atoms with Gasteiger partial charge in [-0.25, -0.2) is 0 Å². The third-order valence-electron chi connectivity index (χ3n) is 3.11. The van der Waals surface area contributed by atoms with Gasteiger partial charge in [0.05, 0.1) is 6.61 Å². The van der Waals surface area contributed by atoms with Crippen molar-refractivity contribution in [3.63, 3.8) is 0 Å². The fourth-order valence-electron chi connectivity index (χ4n) is 1.80. The van der Waals surface area contributed by atoms with Crippen LogP contribution in [0.5, 0.6) is 5.75 Å². The predicted octanol–water partition coefficient (Wildman–Crippen LogP) is 2.90. The Morgan fingerprint density at radius 1 is 1.22 bits per heavy atom. The molecule has 0 aliphatic heterocycles. The van der Waals surface area contributed by atoms with E-state index >= 15 is 0 Å². The zero-order valence-corrected chi connectivity index (χ0v) is 11.5. The molecule has 3 nitrogen and oxygen atoms in total. The Kier molecular flexibility index (Phi) is 7.46. The number of hydrogen-bond donors (Lipinski definition) is 2. The van der Waals surface area contributed by atoms with Crippen LogP contribution >= 0.6 is 0 Å². The summed E-state index contributed by atoms with van der Waals surface area (Å²) >= 11 is 0. The highest BCUT2D eigenvalue weighted by molar-refractivity contribution is 5.30. The molecule has 1 rings (SSSR count). The van der Waals surface area contributed by atoms with Crippen molar-refractivity contribution in [3.05, 3.63) is 29.8 Å². The number of ether oxygens (including phenoxy) is 1. The van der Waals surface area contributed by atoms with Gasteiger partial charge < -0.3 is 15.2 Å². The van der Waals surface area contributed by atoms with E-state index in [1.807, 2.05) is 19.2 Å². The summed E-state index contributed by atoms with van der Waals surface area (Å²) in [4.78, 5) is 0. The molecule has 0 heterocycles. The number of hydrogen-bond acceptors (Lipinski definition) is 3. The lowest BCUT2D eigenvalue weighted by molar-refractivity contribution is 0.273. The Hall–Kier alpha value is -1.06. The molecule has 0 saturated heterocycles. The molecule has 1 unspecified atom stereocenters. The maximum absolute atomic E-state index is 8.67. The summed E-state index contributed by atoms with van der Waals surface area (Å²) in [5, 5.41) is 11.9. The van der Waals surface area contributed by atoms with Gasteiger partial charge in [0.1, 0.15) is 5.75 Å². The first-order valence-corrected chi connectivity index (χ1v) is 6.79. The van der Waals surface area contributed by atoms with E-state index in [-0.39, 0.29) is 0 Å². The Morgan fingerprint density at radius 3 is 2.72 bits per heavy atom. The minimum Gasteiger partial charge on any atom is -0.494 e. The van der Waals surface area contributed by atoms with Gasteiger partial charge in [-0.15, -0.1) is 0 Å². The molecule has 0 aliphatic rings. The van der Waals surface area contributed by atoms with Crippen LogP contribution in [-0.2, 0) is 0 Å². The first kappa shape index (κ1) is 15.0. The standard InChI is InChI=1S/C15H25NO2/c1-13(16-2)14-8-7-9-15(12-14)18-11-6-4-3-5-10-17/h7-9,12-13,16-17H,3-6,10-11H2,1-2H3. The highest BCUT2D eigenvalue weighted by atomic mass is 16.5. The maximum Gasteiger partial charge on any atom is 0.119 e. The van der Waals surface area contributed by atoms with E-state index in [2.05, 4.69) is 24.4 Å². The van der Waals surface area contributed by atoms with Crippen LogP contribution in [0.4, 0.5) is 0 Å². The van der Waals surface area contributed by atoms with Crippen LogP contribution in [0.1, 0.15) is 44.2 Å². The van der Waals surface area contributed by atoms with Gasteiger partial charge in [-0.3, -0.25) is 0 Å². The Morgan fingerprint density at radius 2 is 2.00 bits per heavy atom. The van der Waals surface area contributed by atoms with Crippen molar-refractivity contribution >= 4 is 0 Å². The van der Waals surface area contributed by atoms with Crippen LogP contribution in [0.3, 0.4) is 0 Å². The molecule has 1 atom stereocenters. The minimum atomic E-state index is 0.296. The second kappa shape index (κ2) is 8.95. The van der Waals surface area contributed by atoms with Crippen molar-refractivity contribution in [2.24, 2.45) is 0 Å². The first-order chi connectivity index (χ1) is 8.77. The van der Waals surface area contributed by atoms with Gasteiger partial charge in [-0.05, 0) is 50.9 Å². The number of aliphatic hydroxyl groups excluding tert-OH is 1. The molecule has 1 aromatic carbocycles. The van der Waals surface area contributed by atoms with E-state index in [1.165, 1.54) is 5.56 Å². The summed E-state index contributed by atoms with van der Waals surface area (Å²) < 4.78 is 5.73. The van der Waals surface area contributed by atoms with E-state index in [1.54, 1.807) is 0 Å². The number of aliphatic hydroxyl groups is 1. The van der Waals surface area contributed by atoms with Gasteiger partial charge in [0, 0.05) is 12.6 Å². The highest BCUT2D eigenvalue weighted by Gasteiger charge is 2.03. The Bertz CT molecular complexity index is 328. The summed E-state index contributed by atoms with van der Waals surface area (Å²) in [6.45, 7) is 3.18. The molecule has 0 spiro atoms. The summed E-state index contributed by atoms with van der Waals surface area (Å²) in [7, 11) is 1.96. The van der Waals surface area contributed by atoms with Crippen molar-refractivity contribution < 1.29 is 9.84 Å². The van der Waals surface area contributed by atoms with E-state index in [4.69, 9.17) is 9.84 Å². The van der Waals surface area contributed by atoms with Gasteiger partial charge in [0.2, 0.25) is 0 Å². The molecule has 1 aromatic rings. The van der Waals surface area contributed by atoms with E-state index in [9.17, 15) is 0 Å². The Labute approximate surface area is 110 Å². The predicted molar refractivity (Wildman–Crippen MR) is 75.0 cm³/mol. The molecule has 0 bridgehead atoms. The average Bonchev–Trinajstić information content (AvgIpc) is 2.42. The molecule has 102 valence electrons. The van der Waals surface area contributed by atoms with E-state index in [0.29, 0.717) is 12.6 Å². The van der Waals surface area contributed by atoms with Gasteiger partial charge in [-0.1, -0.05) is 18.6 Å². The fraction of sp³-hybridized carbons (Fsp3) is 0.600. The largest absolute Gasteiger partial charge is 0.494 e. The summed E-state index contributed by atoms with van der Waals surface area (Å²) in [5.41, 5.74) is 1.25. The van der Waals surface area contributed by atoms with E-state index < -0.39 is 0 Å². The molecule has 2 N–H and O–H groups in total. The zero-order chi connectivity index (χ0) is 13.2. The zero-order valence-electron chi connectivity index (χ0n) is 11.5. The third kappa shape index (κ3) is 5.52. The SMILES string of the molecule is CNC(C)c1cccc(OCCCCCCO)c1. The number of benzene rings is 1. The van der Waals surface area contributed by atoms with Crippen LogP contribution < -0.4 is 10.1 Å². The average molecular weight is 251 g/mol. The molecule has 0 aromatic heterocycles. The van der Waals surface area contributed by atoms with Crippen LogP contribution in [0.25, 0.3) is 0 Å². The molecule has 0 saturated carbocycles. The van der Waals surface area contributed by atoms with Gasteiger partial charge in [0.25, 0.3) is 0 Å². The summed E-state index contributed by atoms with van der Waals surface area (Å²) in [6.07, 6.45) is 4.14. The molecule has 0 fully saturated rings. The maximum atomic E-state index is 8.67. The molecule has 3 heteroatoms. The lowest BCUT2D eigenvalue weighted by Gasteiger charge is -2.12. The van der Waals surface area contributed by atoms with Crippen molar-refractivity contribution in [3.8, 4) is 5.75 Å². The van der Waals surface area contributed by atoms with Gasteiger partial charge in [0.15, 0.2) is 0 Å². The van der Waals surface area contributed by atoms with Crippen molar-refractivity contribution in [1.82, 2.24) is 5.32 Å². The van der Waals surface area contributed by atoms with Crippen LogP contribution in [0.2, 0.25) is 0 Å². The number of unbranched alkanes of at least 4 members (excludes halogenated alkanes) is 3. The van der Waals surface area contributed by atoms with Crippen LogP contribution in [0.15, 0.2) is 24.3 Å². The van der Waals surface area contributed by atoms with Crippen LogP contribution in [-0.4, -0.2) is 25.4 Å². The van der Waals surface area contributed by atoms with Crippen molar-refractivity contribution in [2.75, 3.05) is 20.3 Å². The lowest BCUT2D eigenvalue weighted by atomic mass is 10.1. The monoisotopic (exact) mass is 251 g/mol. The van der Waals surface area contributed by atoms with Crippen LogP contribution in [0, 0.1) is 0 Å². The molecule has 18 heavy (non-hydrogen) atoms. The minimum absolute atomic E-state index is 0.296. The lowest BCUT2D eigenvalue weighted by Crippen LogP contribution is -2.12. The topological polar surface area (TPSA) is 41.5 Å². The summed E-state index contributed by atoms with van der Waals surface area (Å²) in [6, 6.07) is 8.58. The second-order valence-electron chi connectivity index (χ2n) is 4.57. The van der Waals surface area contributed by atoms with Crippen molar-refractivity contribution in [2.45, 2.75) is 38.6 Å². The Balaban J connectivity index is 2.29. The molecule has 0 radical (unpaired) electrons. The number of rotatable bonds is 9. The quantitative estimate of drug-likeness (QED) is 0.663. The molecular weight excluding hydrogens is 226 g/mol. The third-order valence-corrected chi connectivity index (χ3v) is 3.11. The fourth-order valence-corrected chi connectivity index (χ4v) is 1.80. The first-order valence-electron chi connectivity index (χ1n) is 6.79. The molecule has 0 amide bonds.